The van der Waals surface area contributed by atoms with Crippen molar-refractivity contribution < 1.29 is 0 Å². The van der Waals surface area contributed by atoms with E-state index in [1.807, 2.05) is 17.9 Å². The summed E-state index contributed by atoms with van der Waals surface area (Å²) >= 11 is 3.46. The topological polar surface area (TPSA) is 29.9 Å². The molecule has 2 rings (SSSR count). The van der Waals surface area contributed by atoms with Gasteiger partial charge in [-0.1, -0.05) is 0 Å². The fourth-order valence-corrected chi connectivity index (χ4v) is 1.45. The van der Waals surface area contributed by atoms with E-state index in [-0.39, 0.29) is 0 Å². The maximum Gasteiger partial charge on any atom is 0.126 e. The van der Waals surface area contributed by atoms with Gasteiger partial charge in [-0.3, -0.25) is 4.68 Å². The van der Waals surface area contributed by atoms with Crippen LogP contribution in [0.3, 0.4) is 0 Å². The summed E-state index contributed by atoms with van der Waals surface area (Å²) in [5, 5.41) is 7.49. The number of rotatable bonds is 3. The summed E-state index contributed by atoms with van der Waals surface area (Å²) in [6.45, 7) is 1.09. The summed E-state index contributed by atoms with van der Waals surface area (Å²) in [7, 11) is 1.92. The SMILES string of the molecule is Cn1ncc(NCC2CC2)c1Br. The highest BCUT2D eigenvalue weighted by molar-refractivity contribution is 9.10. The fourth-order valence-electron chi connectivity index (χ4n) is 1.12. The Labute approximate surface area is 80.3 Å². The molecule has 0 bridgehead atoms. The van der Waals surface area contributed by atoms with Crippen LogP contribution >= 0.6 is 15.9 Å². The molecular formula is C8H12BrN3. The van der Waals surface area contributed by atoms with Gasteiger partial charge >= 0.3 is 0 Å². The molecule has 66 valence electrons. The first-order chi connectivity index (χ1) is 5.77. The minimum Gasteiger partial charge on any atom is -0.381 e. The van der Waals surface area contributed by atoms with Crippen LogP contribution in [0.2, 0.25) is 0 Å². The first-order valence-corrected chi connectivity index (χ1v) is 4.98. The van der Waals surface area contributed by atoms with E-state index in [2.05, 4.69) is 26.3 Å². The third kappa shape index (κ3) is 1.63. The highest BCUT2D eigenvalue weighted by atomic mass is 79.9. The Morgan fingerprint density at radius 1 is 1.75 bits per heavy atom. The Morgan fingerprint density at radius 2 is 2.50 bits per heavy atom. The van der Waals surface area contributed by atoms with E-state index in [4.69, 9.17) is 0 Å². The molecule has 0 saturated heterocycles. The maximum absolute atomic E-state index is 4.12. The summed E-state index contributed by atoms with van der Waals surface area (Å²) in [4.78, 5) is 0. The van der Waals surface area contributed by atoms with Crippen molar-refractivity contribution in [2.45, 2.75) is 12.8 Å². The van der Waals surface area contributed by atoms with Gasteiger partial charge in [-0.05, 0) is 34.7 Å². The average molecular weight is 230 g/mol. The number of hydrogen-bond donors (Lipinski definition) is 1. The summed E-state index contributed by atoms with van der Waals surface area (Å²) in [5.41, 5.74) is 1.10. The molecule has 0 aromatic carbocycles. The molecule has 0 atom stereocenters. The van der Waals surface area contributed by atoms with Crippen LogP contribution in [0.1, 0.15) is 12.8 Å². The van der Waals surface area contributed by atoms with Crippen LogP contribution in [-0.2, 0) is 7.05 Å². The molecule has 1 aromatic heterocycles. The van der Waals surface area contributed by atoms with Gasteiger partial charge in [0.05, 0.1) is 11.9 Å². The zero-order chi connectivity index (χ0) is 8.55. The summed E-state index contributed by atoms with van der Waals surface area (Å²) in [5.74, 6) is 0.900. The van der Waals surface area contributed by atoms with E-state index < -0.39 is 0 Å². The lowest BCUT2D eigenvalue weighted by molar-refractivity contribution is 0.749. The molecule has 1 N–H and O–H groups in total. The van der Waals surface area contributed by atoms with Gasteiger partial charge in [0.1, 0.15) is 4.60 Å². The lowest BCUT2D eigenvalue weighted by Crippen LogP contribution is -2.02. The number of aryl methyl sites for hydroxylation is 1. The molecule has 4 heteroatoms. The highest BCUT2D eigenvalue weighted by Crippen LogP contribution is 2.30. The van der Waals surface area contributed by atoms with E-state index in [9.17, 15) is 0 Å². The second kappa shape index (κ2) is 3.09. The van der Waals surface area contributed by atoms with Gasteiger partial charge in [-0.25, -0.2) is 0 Å². The minimum absolute atomic E-state index is 0.900. The molecule has 3 nitrogen and oxygen atoms in total. The molecule has 12 heavy (non-hydrogen) atoms. The smallest absolute Gasteiger partial charge is 0.126 e. The van der Waals surface area contributed by atoms with Gasteiger partial charge in [-0.15, -0.1) is 0 Å². The van der Waals surface area contributed by atoms with Crippen molar-refractivity contribution in [1.29, 1.82) is 0 Å². The highest BCUT2D eigenvalue weighted by Gasteiger charge is 2.21. The van der Waals surface area contributed by atoms with Crippen molar-refractivity contribution in [2.75, 3.05) is 11.9 Å². The summed E-state index contributed by atoms with van der Waals surface area (Å²) in [6, 6.07) is 0. The second-order valence-corrected chi connectivity index (χ2v) is 4.05. The molecule has 1 aliphatic carbocycles. The van der Waals surface area contributed by atoms with Crippen LogP contribution in [-0.4, -0.2) is 16.3 Å². The number of halogens is 1. The molecular weight excluding hydrogens is 218 g/mol. The molecule has 0 radical (unpaired) electrons. The number of hydrogen-bond acceptors (Lipinski definition) is 2. The van der Waals surface area contributed by atoms with Gasteiger partial charge in [0.2, 0.25) is 0 Å². The van der Waals surface area contributed by atoms with Crippen LogP contribution in [0, 0.1) is 5.92 Å². The molecule has 0 unspecified atom stereocenters. The van der Waals surface area contributed by atoms with Crippen molar-refractivity contribution in [3.05, 3.63) is 10.8 Å². The van der Waals surface area contributed by atoms with Gasteiger partial charge in [0.15, 0.2) is 0 Å². The minimum atomic E-state index is 0.900. The predicted octanol–water partition coefficient (Wildman–Crippen LogP) is 2.00. The van der Waals surface area contributed by atoms with Gasteiger partial charge in [0.25, 0.3) is 0 Å². The average Bonchev–Trinajstić information content (AvgIpc) is 2.82. The Kier molecular flexibility index (Phi) is 2.09. The molecule has 1 fully saturated rings. The monoisotopic (exact) mass is 229 g/mol. The third-order valence-electron chi connectivity index (χ3n) is 2.14. The molecule has 1 saturated carbocycles. The summed E-state index contributed by atoms with van der Waals surface area (Å²) in [6.07, 6.45) is 4.61. The summed E-state index contributed by atoms with van der Waals surface area (Å²) < 4.78 is 2.85. The van der Waals surface area contributed by atoms with E-state index in [1.54, 1.807) is 0 Å². The van der Waals surface area contributed by atoms with Crippen LogP contribution in [0.25, 0.3) is 0 Å². The Hall–Kier alpha value is -0.510. The standard InChI is InChI=1S/C8H12BrN3/c1-12-8(9)7(5-11-12)10-4-6-2-3-6/h5-6,10H,2-4H2,1H3. The molecule has 1 heterocycles. The largest absolute Gasteiger partial charge is 0.381 e. The normalized spacial score (nSPS) is 16.5. The molecule has 1 aliphatic rings. The van der Waals surface area contributed by atoms with Crippen LogP contribution in [0.15, 0.2) is 10.8 Å². The van der Waals surface area contributed by atoms with E-state index in [1.165, 1.54) is 12.8 Å². The number of nitrogens with zero attached hydrogens (tertiary/aromatic N) is 2. The first kappa shape index (κ1) is 8.10. The zero-order valence-corrected chi connectivity index (χ0v) is 8.63. The van der Waals surface area contributed by atoms with Crippen molar-refractivity contribution in [3.63, 3.8) is 0 Å². The van der Waals surface area contributed by atoms with Crippen molar-refractivity contribution in [2.24, 2.45) is 13.0 Å². The van der Waals surface area contributed by atoms with Gasteiger partial charge in [-0.2, -0.15) is 5.10 Å². The van der Waals surface area contributed by atoms with Crippen molar-refractivity contribution >= 4 is 21.6 Å². The van der Waals surface area contributed by atoms with Crippen molar-refractivity contribution in [1.82, 2.24) is 9.78 Å². The fraction of sp³-hybridized carbons (Fsp3) is 0.625. The lowest BCUT2D eigenvalue weighted by Gasteiger charge is -2.01. The Bertz CT molecular complexity index is 278. The van der Waals surface area contributed by atoms with Crippen LogP contribution in [0.5, 0.6) is 0 Å². The quantitative estimate of drug-likeness (QED) is 0.860. The lowest BCUT2D eigenvalue weighted by atomic mass is 10.4. The maximum atomic E-state index is 4.12. The zero-order valence-electron chi connectivity index (χ0n) is 7.05. The third-order valence-corrected chi connectivity index (χ3v) is 3.08. The number of anilines is 1. The van der Waals surface area contributed by atoms with E-state index in [0.29, 0.717) is 0 Å². The Morgan fingerprint density at radius 3 is 3.00 bits per heavy atom. The predicted molar refractivity (Wildman–Crippen MR) is 52.1 cm³/mol. The van der Waals surface area contributed by atoms with Crippen molar-refractivity contribution in [3.8, 4) is 0 Å². The van der Waals surface area contributed by atoms with E-state index >= 15 is 0 Å². The number of aromatic nitrogens is 2. The second-order valence-electron chi connectivity index (χ2n) is 3.30. The van der Waals surface area contributed by atoms with Gasteiger partial charge < -0.3 is 5.32 Å². The molecule has 1 aromatic rings. The first-order valence-electron chi connectivity index (χ1n) is 4.18. The Balaban J connectivity index is 1.96. The molecule has 0 spiro atoms. The number of nitrogens with one attached hydrogen (secondary N) is 1. The molecule has 0 amide bonds. The van der Waals surface area contributed by atoms with Crippen LogP contribution < -0.4 is 5.32 Å². The molecule has 0 aliphatic heterocycles. The van der Waals surface area contributed by atoms with E-state index in [0.717, 1.165) is 22.8 Å². The van der Waals surface area contributed by atoms with Gasteiger partial charge in [0, 0.05) is 13.6 Å². The van der Waals surface area contributed by atoms with Crippen LogP contribution in [0.4, 0.5) is 5.69 Å².